The molecule has 0 atom stereocenters. The van der Waals surface area contributed by atoms with Crippen LogP contribution in [0, 0.1) is 6.92 Å². The zero-order valence-electron chi connectivity index (χ0n) is 15.0. The molecule has 1 saturated heterocycles. The first-order valence-corrected chi connectivity index (χ1v) is 9.24. The molecule has 1 amide bonds. The highest BCUT2D eigenvalue weighted by molar-refractivity contribution is 5.94. The van der Waals surface area contributed by atoms with Gasteiger partial charge in [0.1, 0.15) is 5.60 Å². The summed E-state index contributed by atoms with van der Waals surface area (Å²) in [6.45, 7) is 3.35. The second kappa shape index (κ2) is 6.60. The van der Waals surface area contributed by atoms with Gasteiger partial charge >= 0.3 is 5.97 Å². The number of ether oxygens (including phenoxy) is 1. The van der Waals surface area contributed by atoms with Gasteiger partial charge in [0.05, 0.1) is 5.56 Å². The Kier molecular flexibility index (Phi) is 4.27. The number of esters is 1. The number of carbonyl (C=O) groups is 2. The van der Waals surface area contributed by atoms with Crippen molar-refractivity contribution in [2.24, 2.45) is 0 Å². The molecule has 0 aromatic heterocycles. The third kappa shape index (κ3) is 2.90. The molecule has 4 nitrogen and oxygen atoms in total. The number of fused-ring (bicyclic) bond motifs is 2. The third-order valence-electron chi connectivity index (χ3n) is 5.72. The van der Waals surface area contributed by atoms with Gasteiger partial charge in [0, 0.05) is 37.9 Å². The average Bonchev–Trinajstić information content (AvgIpc) is 2.94. The Morgan fingerprint density at radius 2 is 1.77 bits per heavy atom. The zero-order valence-corrected chi connectivity index (χ0v) is 15.0. The van der Waals surface area contributed by atoms with Crippen molar-refractivity contribution >= 4 is 11.9 Å². The molecule has 0 unspecified atom stereocenters. The van der Waals surface area contributed by atoms with Gasteiger partial charge < -0.3 is 9.64 Å². The Bertz CT molecular complexity index is 850. The summed E-state index contributed by atoms with van der Waals surface area (Å²) in [7, 11) is 0. The zero-order chi connectivity index (χ0) is 18.1. The number of likely N-dealkylation sites (tertiary alicyclic amines) is 1. The van der Waals surface area contributed by atoms with Crippen molar-refractivity contribution in [2.75, 3.05) is 13.1 Å². The van der Waals surface area contributed by atoms with Crippen LogP contribution in [0.4, 0.5) is 0 Å². The SMILES string of the molecule is Cc1ccccc1CCC(=O)N1CCC2(CC1)OC(=O)c1ccccc12. The van der Waals surface area contributed by atoms with Gasteiger partial charge in [-0.05, 0) is 30.5 Å². The number of carbonyl (C=O) groups excluding carboxylic acids is 2. The van der Waals surface area contributed by atoms with E-state index >= 15 is 0 Å². The molecule has 2 aliphatic heterocycles. The fourth-order valence-electron chi connectivity index (χ4n) is 4.12. The van der Waals surface area contributed by atoms with Crippen molar-refractivity contribution in [2.45, 2.75) is 38.2 Å². The Balaban J connectivity index is 1.39. The minimum atomic E-state index is -0.541. The molecule has 2 heterocycles. The minimum absolute atomic E-state index is 0.181. The molecule has 4 heteroatoms. The maximum Gasteiger partial charge on any atom is 0.339 e. The van der Waals surface area contributed by atoms with Gasteiger partial charge in [0.25, 0.3) is 0 Å². The van der Waals surface area contributed by atoms with Crippen LogP contribution in [0.1, 0.15) is 46.3 Å². The number of piperidine rings is 1. The summed E-state index contributed by atoms with van der Waals surface area (Å²) in [5, 5.41) is 0. The quantitative estimate of drug-likeness (QED) is 0.795. The average molecular weight is 349 g/mol. The smallest absolute Gasteiger partial charge is 0.339 e. The lowest BCUT2D eigenvalue weighted by atomic mass is 9.83. The molecule has 2 aliphatic rings. The first-order chi connectivity index (χ1) is 12.6. The molecule has 2 aromatic carbocycles. The van der Waals surface area contributed by atoms with Gasteiger partial charge in [-0.1, -0.05) is 42.5 Å². The highest BCUT2D eigenvalue weighted by Gasteiger charge is 2.47. The highest BCUT2D eigenvalue weighted by atomic mass is 16.6. The van der Waals surface area contributed by atoms with Crippen LogP contribution in [-0.4, -0.2) is 29.9 Å². The topological polar surface area (TPSA) is 46.6 Å². The van der Waals surface area contributed by atoms with Crippen LogP contribution in [0.25, 0.3) is 0 Å². The van der Waals surface area contributed by atoms with E-state index in [9.17, 15) is 9.59 Å². The van der Waals surface area contributed by atoms with E-state index < -0.39 is 5.60 Å². The van der Waals surface area contributed by atoms with Crippen molar-refractivity contribution in [3.05, 3.63) is 70.8 Å². The van der Waals surface area contributed by atoms with Crippen LogP contribution >= 0.6 is 0 Å². The predicted molar refractivity (Wildman–Crippen MR) is 98.8 cm³/mol. The van der Waals surface area contributed by atoms with Crippen molar-refractivity contribution in [3.63, 3.8) is 0 Å². The van der Waals surface area contributed by atoms with Gasteiger partial charge in [-0.15, -0.1) is 0 Å². The van der Waals surface area contributed by atoms with Crippen LogP contribution in [0.5, 0.6) is 0 Å². The number of aryl methyl sites for hydroxylation is 2. The molecular formula is C22H23NO3. The summed E-state index contributed by atoms with van der Waals surface area (Å²) < 4.78 is 5.76. The fraction of sp³-hybridized carbons (Fsp3) is 0.364. The maximum atomic E-state index is 12.6. The summed E-state index contributed by atoms with van der Waals surface area (Å²) in [5.41, 5.74) is 3.57. The second-order valence-electron chi connectivity index (χ2n) is 7.24. The van der Waals surface area contributed by atoms with E-state index in [0.29, 0.717) is 37.9 Å². The molecule has 0 bridgehead atoms. The lowest BCUT2D eigenvalue weighted by Crippen LogP contribution is -2.45. The van der Waals surface area contributed by atoms with E-state index in [1.807, 2.05) is 41.3 Å². The van der Waals surface area contributed by atoms with E-state index in [1.54, 1.807) is 0 Å². The lowest BCUT2D eigenvalue weighted by molar-refractivity contribution is -0.135. The molecule has 0 aliphatic carbocycles. The summed E-state index contributed by atoms with van der Waals surface area (Å²) >= 11 is 0. The summed E-state index contributed by atoms with van der Waals surface area (Å²) in [5.74, 6) is -0.0550. The van der Waals surface area contributed by atoms with Crippen molar-refractivity contribution in [3.8, 4) is 0 Å². The molecule has 4 rings (SSSR count). The van der Waals surface area contributed by atoms with Gasteiger partial charge in [0.15, 0.2) is 0 Å². The van der Waals surface area contributed by atoms with Crippen molar-refractivity contribution in [1.82, 2.24) is 4.90 Å². The van der Waals surface area contributed by atoms with E-state index in [-0.39, 0.29) is 11.9 Å². The summed E-state index contributed by atoms with van der Waals surface area (Å²) in [6, 6.07) is 15.8. The molecule has 0 N–H and O–H groups in total. The Morgan fingerprint density at radius 1 is 1.08 bits per heavy atom. The van der Waals surface area contributed by atoms with Crippen molar-refractivity contribution < 1.29 is 14.3 Å². The van der Waals surface area contributed by atoms with Gasteiger partial charge in [-0.3, -0.25) is 4.79 Å². The molecule has 1 fully saturated rings. The predicted octanol–water partition coefficient (Wildman–Crippen LogP) is 3.62. The fourth-order valence-corrected chi connectivity index (χ4v) is 4.12. The Labute approximate surface area is 153 Å². The number of hydrogen-bond acceptors (Lipinski definition) is 3. The second-order valence-corrected chi connectivity index (χ2v) is 7.24. The van der Waals surface area contributed by atoms with Gasteiger partial charge in [-0.2, -0.15) is 0 Å². The molecule has 0 radical (unpaired) electrons. The van der Waals surface area contributed by atoms with Crippen LogP contribution in [0.15, 0.2) is 48.5 Å². The van der Waals surface area contributed by atoms with E-state index in [1.165, 1.54) is 11.1 Å². The first kappa shape index (κ1) is 16.8. The number of amides is 1. The molecule has 134 valence electrons. The van der Waals surface area contributed by atoms with E-state index in [2.05, 4.69) is 19.1 Å². The Morgan fingerprint density at radius 3 is 2.54 bits per heavy atom. The maximum absolute atomic E-state index is 12.6. The number of rotatable bonds is 3. The lowest BCUT2D eigenvalue weighted by Gasteiger charge is -2.38. The van der Waals surface area contributed by atoms with Gasteiger partial charge in [-0.25, -0.2) is 4.79 Å². The molecule has 0 saturated carbocycles. The van der Waals surface area contributed by atoms with Crippen LogP contribution in [0.2, 0.25) is 0 Å². The molecular weight excluding hydrogens is 326 g/mol. The largest absolute Gasteiger partial charge is 0.450 e. The van der Waals surface area contributed by atoms with Crippen LogP contribution in [-0.2, 0) is 21.6 Å². The summed E-state index contributed by atoms with van der Waals surface area (Å²) in [4.78, 5) is 26.7. The van der Waals surface area contributed by atoms with Crippen LogP contribution in [0.3, 0.4) is 0 Å². The Hall–Kier alpha value is -2.62. The van der Waals surface area contributed by atoms with E-state index in [0.717, 1.165) is 12.0 Å². The van der Waals surface area contributed by atoms with Crippen molar-refractivity contribution in [1.29, 1.82) is 0 Å². The number of hydrogen-bond donors (Lipinski definition) is 0. The molecule has 2 aromatic rings. The highest BCUT2D eigenvalue weighted by Crippen LogP contribution is 2.43. The standard InChI is InChI=1S/C22H23NO3/c1-16-6-2-3-7-17(16)10-11-20(24)23-14-12-22(13-15-23)19-9-5-4-8-18(19)21(25)26-22/h2-9H,10-15H2,1H3. The van der Waals surface area contributed by atoms with Gasteiger partial charge in [0.2, 0.25) is 5.91 Å². The first-order valence-electron chi connectivity index (χ1n) is 9.24. The van der Waals surface area contributed by atoms with E-state index in [4.69, 9.17) is 4.74 Å². The normalized spacial score (nSPS) is 17.9. The summed E-state index contributed by atoms with van der Waals surface area (Å²) in [6.07, 6.45) is 2.64. The molecule has 1 spiro atoms. The van der Waals surface area contributed by atoms with Crippen LogP contribution < -0.4 is 0 Å². The number of nitrogens with zero attached hydrogens (tertiary/aromatic N) is 1. The molecule has 26 heavy (non-hydrogen) atoms. The monoisotopic (exact) mass is 349 g/mol. The third-order valence-corrected chi connectivity index (χ3v) is 5.72. The number of benzene rings is 2. The minimum Gasteiger partial charge on any atom is -0.450 e.